The monoisotopic (exact) mass is 253 g/mol. The number of halogens is 2. The summed E-state index contributed by atoms with van der Waals surface area (Å²) in [6.07, 6.45) is 0.852. The molecule has 0 radical (unpaired) electrons. The van der Waals surface area contributed by atoms with Crippen LogP contribution in [0.3, 0.4) is 0 Å². The van der Waals surface area contributed by atoms with Gasteiger partial charge in [-0.25, -0.2) is 8.78 Å². The van der Waals surface area contributed by atoms with Gasteiger partial charge in [0, 0.05) is 13.6 Å². The molecule has 5 heteroatoms. The molecule has 0 spiro atoms. The largest absolute Gasteiger partial charge is 0.372 e. The molecule has 0 aromatic heterocycles. The van der Waals surface area contributed by atoms with E-state index in [0.717, 1.165) is 13.0 Å². The highest BCUT2D eigenvalue weighted by Crippen LogP contribution is 2.23. The molecule has 3 nitrogen and oxygen atoms in total. The van der Waals surface area contributed by atoms with E-state index in [1.807, 2.05) is 19.0 Å². The first-order chi connectivity index (χ1) is 8.47. The lowest BCUT2D eigenvalue weighted by molar-refractivity contribution is 0.401. The Labute approximate surface area is 106 Å². The van der Waals surface area contributed by atoms with Crippen LogP contribution >= 0.6 is 0 Å². The predicted octanol–water partition coefficient (Wildman–Crippen LogP) is 2.22. The van der Waals surface area contributed by atoms with Crippen molar-refractivity contribution in [2.24, 2.45) is 0 Å². The zero-order valence-corrected chi connectivity index (χ0v) is 10.9. The average molecular weight is 253 g/mol. The molecular weight excluding hydrogens is 236 g/mol. The van der Waals surface area contributed by atoms with Crippen molar-refractivity contribution in [1.82, 2.24) is 4.90 Å². The van der Waals surface area contributed by atoms with E-state index >= 15 is 0 Å². The van der Waals surface area contributed by atoms with E-state index < -0.39 is 11.6 Å². The van der Waals surface area contributed by atoms with Crippen molar-refractivity contribution in [1.29, 1.82) is 5.26 Å². The third-order valence-corrected chi connectivity index (χ3v) is 2.69. The normalized spacial score (nSPS) is 10.5. The van der Waals surface area contributed by atoms with Gasteiger partial charge in [0.1, 0.15) is 6.07 Å². The number of benzene rings is 1. The first-order valence-corrected chi connectivity index (χ1v) is 5.71. The smallest absolute Gasteiger partial charge is 0.183 e. The van der Waals surface area contributed by atoms with Crippen molar-refractivity contribution in [3.63, 3.8) is 0 Å². The summed E-state index contributed by atoms with van der Waals surface area (Å²) in [6, 6.07) is 4.36. The van der Waals surface area contributed by atoms with Crippen LogP contribution in [-0.4, -0.2) is 39.1 Å². The standard InChI is InChI=1S/C13H17F2N3/c1-17(2)7-4-8-18(3)11-6-5-10(9-16)12(14)13(11)15/h5-6H,4,7-8H2,1-3H3. The van der Waals surface area contributed by atoms with Gasteiger partial charge in [-0.15, -0.1) is 0 Å². The van der Waals surface area contributed by atoms with Crippen LogP contribution in [0.1, 0.15) is 12.0 Å². The molecule has 1 aromatic carbocycles. The van der Waals surface area contributed by atoms with Gasteiger partial charge < -0.3 is 9.80 Å². The molecule has 1 aromatic rings. The summed E-state index contributed by atoms with van der Waals surface area (Å²) in [5.74, 6) is -2.03. The third kappa shape index (κ3) is 3.41. The van der Waals surface area contributed by atoms with Gasteiger partial charge >= 0.3 is 0 Å². The van der Waals surface area contributed by atoms with Crippen LogP contribution in [0.5, 0.6) is 0 Å². The Morgan fingerprint density at radius 3 is 2.33 bits per heavy atom. The Hall–Kier alpha value is -1.67. The summed E-state index contributed by atoms with van der Waals surface area (Å²) in [5.41, 5.74) is -0.0804. The Morgan fingerprint density at radius 2 is 1.78 bits per heavy atom. The minimum Gasteiger partial charge on any atom is -0.372 e. The number of nitriles is 1. The maximum atomic E-state index is 13.7. The predicted molar refractivity (Wildman–Crippen MR) is 67.5 cm³/mol. The van der Waals surface area contributed by atoms with E-state index in [1.54, 1.807) is 18.0 Å². The molecule has 0 saturated carbocycles. The molecule has 0 N–H and O–H groups in total. The summed E-state index contributed by atoms with van der Waals surface area (Å²) in [4.78, 5) is 3.69. The van der Waals surface area contributed by atoms with Crippen molar-refractivity contribution in [2.45, 2.75) is 6.42 Å². The van der Waals surface area contributed by atoms with Gasteiger partial charge in [-0.2, -0.15) is 5.26 Å². The van der Waals surface area contributed by atoms with Crippen LogP contribution in [0, 0.1) is 23.0 Å². The maximum Gasteiger partial charge on any atom is 0.183 e. The molecule has 0 unspecified atom stereocenters. The van der Waals surface area contributed by atoms with Gasteiger partial charge in [0.15, 0.2) is 11.6 Å². The fourth-order valence-corrected chi connectivity index (χ4v) is 1.66. The van der Waals surface area contributed by atoms with E-state index in [4.69, 9.17) is 5.26 Å². The fraction of sp³-hybridized carbons (Fsp3) is 0.462. The van der Waals surface area contributed by atoms with Crippen LogP contribution in [0.15, 0.2) is 12.1 Å². The van der Waals surface area contributed by atoms with Gasteiger partial charge in [-0.3, -0.25) is 0 Å². The zero-order chi connectivity index (χ0) is 13.7. The molecule has 0 bridgehead atoms. The van der Waals surface area contributed by atoms with E-state index in [2.05, 4.69) is 0 Å². The lowest BCUT2D eigenvalue weighted by Gasteiger charge is -2.21. The van der Waals surface area contributed by atoms with Crippen LogP contribution in [0.4, 0.5) is 14.5 Å². The van der Waals surface area contributed by atoms with Gasteiger partial charge in [-0.05, 0) is 39.2 Å². The van der Waals surface area contributed by atoms with Crippen molar-refractivity contribution in [3.05, 3.63) is 29.3 Å². The number of hydrogen-bond donors (Lipinski definition) is 0. The van der Waals surface area contributed by atoms with E-state index in [9.17, 15) is 8.78 Å². The maximum absolute atomic E-state index is 13.7. The van der Waals surface area contributed by atoms with E-state index in [1.165, 1.54) is 12.1 Å². The molecule has 0 fully saturated rings. The van der Waals surface area contributed by atoms with Crippen molar-refractivity contribution in [3.8, 4) is 6.07 Å². The number of rotatable bonds is 5. The second-order valence-corrected chi connectivity index (χ2v) is 4.45. The van der Waals surface area contributed by atoms with Crippen molar-refractivity contribution < 1.29 is 8.78 Å². The molecule has 0 atom stereocenters. The van der Waals surface area contributed by atoms with E-state index in [0.29, 0.717) is 6.54 Å². The first-order valence-electron chi connectivity index (χ1n) is 5.71. The van der Waals surface area contributed by atoms with Gasteiger partial charge in [0.05, 0.1) is 11.3 Å². The van der Waals surface area contributed by atoms with Crippen molar-refractivity contribution >= 4 is 5.69 Å². The van der Waals surface area contributed by atoms with Gasteiger partial charge in [-0.1, -0.05) is 0 Å². The average Bonchev–Trinajstić information content (AvgIpc) is 2.32. The summed E-state index contributed by atoms with van der Waals surface area (Å²) in [6.45, 7) is 1.51. The molecule has 98 valence electrons. The highest BCUT2D eigenvalue weighted by atomic mass is 19.2. The van der Waals surface area contributed by atoms with Gasteiger partial charge in [0.25, 0.3) is 0 Å². The van der Waals surface area contributed by atoms with E-state index in [-0.39, 0.29) is 11.3 Å². The van der Waals surface area contributed by atoms with Crippen molar-refractivity contribution in [2.75, 3.05) is 39.1 Å². The first kappa shape index (κ1) is 14.4. The van der Waals surface area contributed by atoms with Gasteiger partial charge in [0.2, 0.25) is 0 Å². The molecule has 0 amide bonds. The molecule has 0 saturated heterocycles. The lowest BCUT2D eigenvalue weighted by Crippen LogP contribution is -2.24. The molecule has 1 rings (SSSR count). The number of anilines is 1. The Kier molecular flexibility index (Phi) is 5.05. The molecule has 0 aliphatic heterocycles. The minimum absolute atomic E-state index is 0.185. The highest BCUT2D eigenvalue weighted by Gasteiger charge is 2.15. The zero-order valence-electron chi connectivity index (χ0n) is 10.9. The number of nitrogens with zero attached hydrogens (tertiary/aromatic N) is 3. The quantitative estimate of drug-likeness (QED) is 0.806. The number of hydrogen-bond acceptors (Lipinski definition) is 3. The summed E-state index contributed by atoms with van der Waals surface area (Å²) < 4.78 is 27.1. The summed E-state index contributed by atoms with van der Waals surface area (Å²) >= 11 is 0. The molecule has 18 heavy (non-hydrogen) atoms. The minimum atomic E-state index is -1.07. The second kappa shape index (κ2) is 6.31. The third-order valence-electron chi connectivity index (χ3n) is 2.69. The SMILES string of the molecule is CN(C)CCCN(C)c1ccc(C#N)c(F)c1F. The Morgan fingerprint density at radius 1 is 1.11 bits per heavy atom. The summed E-state index contributed by atoms with van der Waals surface area (Å²) in [5, 5.41) is 8.60. The topological polar surface area (TPSA) is 30.3 Å². The molecule has 0 aliphatic rings. The molecule has 0 aliphatic carbocycles. The second-order valence-electron chi connectivity index (χ2n) is 4.45. The fourth-order valence-electron chi connectivity index (χ4n) is 1.66. The van der Waals surface area contributed by atoms with Crippen LogP contribution < -0.4 is 4.90 Å². The Bertz CT molecular complexity index is 452. The lowest BCUT2D eigenvalue weighted by atomic mass is 10.2. The van der Waals surface area contributed by atoms with Crippen LogP contribution in [0.25, 0.3) is 0 Å². The highest BCUT2D eigenvalue weighted by molar-refractivity contribution is 5.51. The molecule has 0 heterocycles. The van der Waals surface area contributed by atoms with Crippen LogP contribution in [-0.2, 0) is 0 Å². The summed E-state index contributed by atoms with van der Waals surface area (Å²) in [7, 11) is 5.63. The Balaban J connectivity index is 2.78. The van der Waals surface area contributed by atoms with Crippen LogP contribution in [0.2, 0.25) is 0 Å². The molecular formula is C13H17F2N3.